The predicted octanol–water partition coefficient (Wildman–Crippen LogP) is 3.90. The van der Waals surface area contributed by atoms with Gasteiger partial charge in [-0.2, -0.15) is 0 Å². The Hall–Kier alpha value is -2.95. The third-order valence-corrected chi connectivity index (χ3v) is 5.21. The van der Waals surface area contributed by atoms with Crippen LogP contribution in [0.4, 0.5) is 0 Å². The molecule has 0 atom stereocenters. The first-order valence-electron chi connectivity index (χ1n) is 8.89. The van der Waals surface area contributed by atoms with E-state index in [2.05, 4.69) is 4.98 Å². The van der Waals surface area contributed by atoms with Gasteiger partial charge in [0.25, 0.3) is 5.91 Å². The van der Waals surface area contributed by atoms with Gasteiger partial charge in [-0.05, 0) is 54.7 Å². The SMILES string of the molecule is COc1ccc2cc(C(=O)N3CCC(c4ccc(O)cc4)CC3)[nH]c2c1. The molecule has 0 spiro atoms. The number of nitrogens with one attached hydrogen (secondary N) is 1. The van der Waals surface area contributed by atoms with E-state index >= 15 is 0 Å². The van der Waals surface area contributed by atoms with Crippen LogP contribution in [0.5, 0.6) is 11.5 Å². The highest BCUT2D eigenvalue weighted by molar-refractivity contribution is 5.98. The quantitative estimate of drug-likeness (QED) is 0.753. The van der Waals surface area contributed by atoms with Crippen LogP contribution in [0, 0.1) is 0 Å². The number of hydrogen-bond donors (Lipinski definition) is 2. The summed E-state index contributed by atoms with van der Waals surface area (Å²) in [6.07, 6.45) is 1.87. The predicted molar refractivity (Wildman–Crippen MR) is 101 cm³/mol. The molecule has 2 heterocycles. The zero-order valence-electron chi connectivity index (χ0n) is 14.7. The second-order valence-electron chi connectivity index (χ2n) is 6.79. The van der Waals surface area contributed by atoms with E-state index in [0.29, 0.717) is 11.6 Å². The van der Waals surface area contributed by atoms with E-state index in [1.807, 2.05) is 41.3 Å². The fraction of sp³-hybridized carbons (Fsp3) is 0.286. The lowest BCUT2D eigenvalue weighted by atomic mass is 9.89. The fourth-order valence-electron chi connectivity index (χ4n) is 3.68. The first kappa shape index (κ1) is 16.5. The molecular weight excluding hydrogens is 328 g/mol. The number of ether oxygens (including phenoxy) is 1. The molecule has 1 aliphatic rings. The van der Waals surface area contributed by atoms with Gasteiger partial charge in [0.15, 0.2) is 0 Å². The normalized spacial score (nSPS) is 15.3. The van der Waals surface area contributed by atoms with Crippen LogP contribution in [0.1, 0.15) is 34.8 Å². The smallest absolute Gasteiger partial charge is 0.270 e. The van der Waals surface area contributed by atoms with Crippen molar-refractivity contribution in [2.45, 2.75) is 18.8 Å². The maximum Gasteiger partial charge on any atom is 0.270 e. The summed E-state index contributed by atoms with van der Waals surface area (Å²) in [6, 6.07) is 15.1. The number of amides is 1. The van der Waals surface area contributed by atoms with Crippen molar-refractivity contribution in [1.82, 2.24) is 9.88 Å². The molecule has 26 heavy (non-hydrogen) atoms. The van der Waals surface area contributed by atoms with Crippen LogP contribution in [0.3, 0.4) is 0 Å². The first-order chi connectivity index (χ1) is 12.6. The molecule has 0 bridgehead atoms. The van der Waals surface area contributed by atoms with Crippen LogP contribution in [0.15, 0.2) is 48.5 Å². The molecule has 1 aliphatic heterocycles. The van der Waals surface area contributed by atoms with E-state index in [-0.39, 0.29) is 11.7 Å². The highest BCUT2D eigenvalue weighted by Gasteiger charge is 2.25. The number of carbonyl (C=O) groups excluding carboxylic acids is 1. The van der Waals surface area contributed by atoms with Crippen molar-refractivity contribution >= 4 is 16.8 Å². The number of benzene rings is 2. The number of phenols is 1. The average Bonchev–Trinajstić information content (AvgIpc) is 3.11. The summed E-state index contributed by atoms with van der Waals surface area (Å²) in [7, 11) is 1.63. The molecule has 0 aliphatic carbocycles. The van der Waals surface area contributed by atoms with Crippen LogP contribution >= 0.6 is 0 Å². The number of piperidine rings is 1. The van der Waals surface area contributed by atoms with E-state index in [1.165, 1.54) is 5.56 Å². The lowest BCUT2D eigenvalue weighted by Gasteiger charge is -2.32. The molecular formula is C21H22N2O3. The lowest BCUT2D eigenvalue weighted by Crippen LogP contribution is -2.38. The standard InChI is InChI=1S/C21H22N2O3/c1-26-18-7-4-16-12-20(22-19(16)13-18)21(25)23-10-8-15(9-11-23)14-2-5-17(24)6-3-14/h2-7,12-13,15,22,24H,8-11H2,1H3. The minimum Gasteiger partial charge on any atom is -0.508 e. The highest BCUT2D eigenvalue weighted by Crippen LogP contribution is 2.30. The molecule has 3 aromatic rings. The molecule has 134 valence electrons. The molecule has 4 rings (SSSR count). The summed E-state index contributed by atoms with van der Waals surface area (Å²) in [5, 5.41) is 10.4. The van der Waals surface area contributed by atoms with Crippen molar-refractivity contribution < 1.29 is 14.6 Å². The Bertz CT molecular complexity index is 922. The number of aromatic nitrogens is 1. The van der Waals surface area contributed by atoms with Gasteiger partial charge in [0.05, 0.1) is 7.11 Å². The number of likely N-dealkylation sites (tertiary alicyclic amines) is 1. The Labute approximate surface area is 152 Å². The van der Waals surface area contributed by atoms with E-state index in [9.17, 15) is 9.90 Å². The Balaban J connectivity index is 1.45. The summed E-state index contributed by atoms with van der Waals surface area (Å²) in [4.78, 5) is 18.0. The first-order valence-corrected chi connectivity index (χ1v) is 8.89. The number of aromatic amines is 1. The van der Waals surface area contributed by atoms with Crippen LogP contribution in [0.25, 0.3) is 10.9 Å². The van der Waals surface area contributed by atoms with Gasteiger partial charge in [0.2, 0.25) is 0 Å². The Morgan fingerprint density at radius 2 is 1.85 bits per heavy atom. The summed E-state index contributed by atoms with van der Waals surface area (Å²) in [6.45, 7) is 1.48. The summed E-state index contributed by atoms with van der Waals surface area (Å²) in [5.41, 5.74) is 2.76. The van der Waals surface area contributed by atoms with Crippen LogP contribution < -0.4 is 4.74 Å². The van der Waals surface area contributed by atoms with Crippen molar-refractivity contribution in [2.24, 2.45) is 0 Å². The third-order valence-electron chi connectivity index (χ3n) is 5.21. The average molecular weight is 350 g/mol. The Morgan fingerprint density at radius 3 is 2.54 bits per heavy atom. The minimum absolute atomic E-state index is 0.0457. The second-order valence-corrected chi connectivity index (χ2v) is 6.79. The van der Waals surface area contributed by atoms with Gasteiger partial charge in [-0.15, -0.1) is 0 Å². The zero-order chi connectivity index (χ0) is 18.1. The monoisotopic (exact) mass is 350 g/mol. The van der Waals surface area contributed by atoms with Crippen molar-refractivity contribution in [3.05, 3.63) is 59.8 Å². The van der Waals surface area contributed by atoms with Crippen molar-refractivity contribution in [3.8, 4) is 11.5 Å². The Kier molecular flexibility index (Phi) is 4.29. The van der Waals surface area contributed by atoms with Crippen molar-refractivity contribution in [3.63, 3.8) is 0 Å². The van der Waals surface area contributed by atoms with Gasteiger partial charge in [0, 0.05) is 30.1 Å². The Morgan fingerprint density at radius 1 is 1.12 bits per heavy atom. The number of methoxy groups -OCH3 is 1. The van der Waals surface area contributed by atoms with Crippen molar-refractivity contribution in [1.29, 1.82) is 0 Å². The minimum atomic E-state index is 0.0457. The molecule has 0 saturated carbocycles. The zero-order valence-corrected chi connectivity index (χ0v) is 14.7. The van der Waals surface area contributed by atoms with E-state index in [4.69, 9.17) is 4.74 Å². The largest absolute Gasteiger partial charge is 0.508 e. The highest BCUT2D eigenvalue weighted by atomic mass is 16.5. The number of H-pyrrole nitrogens is 1. The van der Waals surface area contributed by atoms with Gasteiger partial charge in [-0.25, -0.2) is 0 Å². The molecule has 0 unspecified atom stereocenters. The molecule has 0 radical (unpaired) electrons. The van der Waals surface area contributed by atoms with E-state index in [0.717, 1.165) is 42.6 Å². The van der Waals surface area contributed by atoms with E-state index in [1.54, 1.807) is 19.2 Å². The molecule has 2 aromatic carbocycles. The van der Waals surface area contributed by atoms with Crippen LogP contribution in [-0.4, -0.2) is 41.1 Å². The summed E-state index contributed by atoms with van der Waals surface area (Å²) >= 11 is 0. The van der Waals surface area contributed by atoms with Crippen LogP contribution in [-0.2, 0) is 0 Å². The van der Waals surface area contributed by atoms with Gasteiger partial charge in [-0.1, -0.05) is 12.1 Å². The maximum atomic E-state index is 12.8. The maximum absolute atomic E-state index is 12.8. The lowest BCUT2D eigenvalue weighted by molar-refractivity contribution is 0.0708. The van der Waals surface area contributed by atoms with Gasteiger partial charge < -0.3 is 19.7 Å². The third kappa shape index (κ3) is 3.12. The van der Waals surface area contributed by atoms with Crippen molar-refractivity contribution in [2.75, 3.05) is 20.2 Å². The summed E-state index contributed by atoms with van der Waals surface area (Å²) < 4.78 is 5.24. The molecule has 1 amide bonds. The topological polar surface area (TPSA) is 65.6 Å². The van der Waals surface area contributed by atoms with E-state index < -0.39 is 0 Å². The molecule has 5 nitrogen and oxygen atoms in total. The van der Waals surface area contributed by atoms with Crippen LogP contribution in [0.2, 0.25) is 0 Å². The number of hydrogen-bond acceptors (Lipinski definition) is 3. The number of rotatable bonds is 3. The molecule has 1 aromatic heterocycles. The number of nitrogens with zero attached hydrogens (tertiary/aromatic N) is 1. The number of fused-ring (bicyclic) bond motifs is 1. The number of aromatic hydroxyl groups is 1. The molecule has 2 N–H and O–H groups in total. The summed E-state index contributed by atoms with van der Waals surface area (Å²) in [5.74, 6) is 1.54. The number of phenolic OH excluding ortho intramolecular Hbond substituents is 1. The molecule has 5 heteroatoms. The van der Waals surface area contributed by atoms with Gasteiger partial charge in [-0.3, -0.25) is 4.79 Å². The van der Waals surface area contributed by atoms with Gasteiger partial charge >= 0.3 is 0 Å². The molecule has 1 saturated heterocycles. The second kappa shape index (κ2) is 6.75. The van der Waals surface area contributed by atoms with Gasteiger partial charge in [0.1, 0.15) is 17.2 Å². The fourth-order valence-corrected chi connectivity index (χ4v) is 3.68. The number of carbonyl (C=O) groups is 1. The molecule has 1 fully saturated rings.